The minimum atomic E-state index is -0.877. The normalized spacial score (nSPS) is 11.6. The number of hydrogen-bond donors (Lipinski definition) is 2. The molecule has 0 heterocycles. The first-order chi connectivity index (χ1) is 13.6. The number of rotatable bonds is 5. The SMILES string of the molecule is CC(O)CC(C)O.[CH-]=O.[Rh].c1ccc([PH+](c2ccccc2)c2ccccc2)cc1. The molecule has 157 valence electrons. The molecule has 3 nitrogen and oxygen atoms in total. The van der Waals surface area contributed by atoms with Crippen molar-refractivity contribution in [2.24, 2.45) is 0 Å². The maximum Gasteiger partial charge on any atom is 0.102 e. The molecular weight excluding hydrogens is 470 g/mol. The predicted octanol–water partition coefficient (Wildman–Crippen LogP) is 3.04. The van der Waals surface area contributed by atoms with Gasteiger partial charge in [-0.2, -0.15) is 0 Å². The third-order valence-corrected chi connectivity index (χ3v) is 6.60. The van der Waals surface area contributed by atoms with Crippen molar-refractivity contribution in [1.29, 1.82) is 0 Å². The van der Waals surface area contributed by atoms with Crippen LogP contribution in [-0.2, 0) is 24.3 Å². The van der Waals surface area contributed by atoms with E-state index in [1.807, 2.05) is 0 Å². The predicted molar refractivity (Wildman–Crippen MR) is 121 cm³/mol. The van der Waals surface area contributed by atoms with Gasteiger partial charge in [-0.1, -0.05) is 54.6 Å². The van der Waals surface area contributed by atoms with Crippen molar-refractivity contribution in [3.63, 3.8) is 0 Å². The minimum absolute atomic E-state index is 0. The minimum Gasteiger partial charge on any atom is -0.545 e. The molecule has 2 unspecified atom stereocenters. The van der Waals surface area contributed by atoms with Gasteiger partial charge in [0.1, 0.15) is 15.9 Å². The monoisotopic (exact) mass is 499 g/mol. The van der Waals surface area contributed by atoms with Crippen LogP contribution in [0.5, 0.6) is 0 Å². The fraction of sp³-hybridized carbons (Fsp3) is 0.208. The quantitative estimate of drug-likeness (QED) is 0.246. The Morgan fingerprint density at radius 2 is 0.897 bits per heavy atom. The first-order valence-electron chi connectivity index (χ1n) is 9.21. The van der Waals surface area contributed by atoms with E-state index >= 15 is 0 Å². The second-order valence-corrected chi connectivity index (χ2v) is 8.89. The van der Waals surface area contributed by atoms with Crippen LogP contribution in [0.2, 0.25) is 0 Å². The molecular formula is C24H29O3PRh. The van der Waals surface area contributed by atoms with E-state index in [4.69, 9.17) is 15.0 Å². The average molecular weight is 499 g/mol. The maximum atomic E-state index is 8.56. The number of aliphatic hydroxyl groups is 2. The van der Waals surface area contributed by atoms with Crippen molar-refractivity contribution >= 4 is 30.6 Å². The van der Waals surface area contributed by atoms with E-state index in [1.54, 1.807) is 13.8 Å². The molecule has 1 radical (unpaired) electrons. The van der Waals surface area contributed by atoms with E-state index in [2.05, 4.69) is 97.8 Å². The molecule has 3 aromatic rings. The molecule has 0 spiro atoms. The van der Waals surface area contributed by atoms with E-state index in [1.165, 1.54) is 15.9 Å². The summed E-state index contributed by atoms with van der Waals surface area (Å²) in [5.41, 5.74) is 0. The molecule has 3 aromatic carbocycles. The molecule has 0 aliphatic heterocycles. The fourth-order valence-electron chi connectivity index (χ4n) is 2.81. The molecule has 0 amide bonds. The molecule has 3 rings (SSSR count). The second kappa shape index (κ2) is 16.1. The summed E-state index contributed by atoms with van der Waals surface area (Å²) in [6, 6.07) is 32.5. The topological polar surface area (TPSA) is 57.5 Å². The Morgan fingerprint density at radius 1 is 0.655 bits per heavy atom. The maximum absolute atomic E-state index is 8.56. The van der Waals surface area contributed by atoms with Crippen LogP contribution >= 0.6 is 7.92 Å². The van der Waals surface area contributed by atoms with Crippen molar-refractivity contribution in [1.82, 2.24) is 0 Å². The number of carbonyl (C=O) groups excluding carboxylic acids is 1. The molecule has 0 aliphatic rings. The number of aliphatic hydroxyl groups excluding tert-OH is 2. The summed E-state index contributed by atoms with van der Waals surface area (Å²) in [5, 5.41) is 21.4. The van der Waals surface area contributed by atoms with E-state index in [0.717, 1.165) is 0 Å². The van der Waals surface area contributed by atoms with Crippen molar-refractivity contribution in [2.75, 3.05) is 0 Å². The van der Waals surface area contributed by atoms with Crippen molar-refractivity contribution in [3.8, 4) is 0 Å². The molecule has 5 heteroatoms. The summed E-state index contributed by atoms with van der Waals surface area (Å²) in [5.74, 6) is 0. The fourth-order valence-corrected chi connectivity index (χ4v) is 5.39. The van der Waals surface area contributed by atoms with Crippen molar-refractivity contribution in [2.45, 2.75) is 32.5 Å². The van der Waals surface area contributed by atoms with Gasteiger partial charge in [0.15, 0.2) is 0 Å². The van der Waals surface area contributed by atoms with E-state index in [-0.39, 0.29) is 31.7 Å². The molecule has 29 heavy (non-hydrogen) atoms. The summed E-state index contributed by atoms with van der Waals surface area (Å²) in [7, 11) is -0.877. The van der Waals surface area contributed by atoms with Gasteiger partial charge in [-0.3, -0.25) is 6.79 Å². The third-order valence-electron chi connectivity index (χ3n) is 3.87. The van der Waals surface area contributed by atoms with Crippen LogP contribution in [0.25, 0.3) is 0 Å². The summed E-state index contributed by atoms with van der Waals surface area (Å²) in [6.07, 6.45) is -0.278. The van der Waals surface area contributed by atoms with Gasteiger partial charge in [0, 0.05) is 19.5 Å². The van der Waals surface area contributed by atoms with Gasteiger partial charge in [0.2, 0.25) is 0 Å². The van der Waals surface area contributed by atoms with Crippen LogP contribution in [0.3, 0.4) is 0 Å². The molecule has 2 atom stereocenters. The Morgan fingerprint density at radius 3 is 1.07 bits per heavy atom. The van der Waals surface area contributed by atoms with Crippen molar-refractivity contribution in [3.05, 3.63) is 91.0 Å². The Kier molecular flexibility index (Phi) is 15.2. The molecule has 0 bridgehead atoms. The van der Waals surface area contributed by atoms with Gasteiger partial charge in [-0.25, -0.2) is 0 Å². The standard InChI is InChI=1S/C18H15P.C5H12O2.CHO.Rh/c1-4-10-16(11-5-1)19(17-12-6-2-7-13-17)18-14-8-3-9-15-18;1-4(6)3-5(2)7;1-2;/h1-15H;4-7H,3H2,1-2H3;1H;/q;;-1;/p+1. The van der Waals surface area contributed by atoms with Crippen molar-refractivity contribution < 1.29 is 34.5 Å². The zero-order valence-electron chi connectivity index (χ0n) is 16.7. The van der Waals surface area contributed by atoms with Gasteiger partial charge < -0.3 is 15.0 Å². The number of benzene rings is 3. The smallest absolute Gasteiger partial charge is 0.102 e. The summed E-state index contributed by atoms with van der Waals surface area (Å²) in [4.78, 5) is 7.75. The van der Waals surface area contributed by atoms with E-state index in [0.29, 0.717) is 6.42 Å². The van der Waals surface area contributed by atoms with Gasteiger partial charge >= 0.3 is 0 Å². The van der Waals surface area contributed by atoms with Gasteiger partial charge in [0.25, 0.3) is 0 Å². The third kappa shape index (κ3) is 10.6. The van der Waals surface area contributed by atoms with Gasteiger partial charge in [0.05, 0.1) is 20.1 Å². The molecule has 0 aromatic heterocycles. The van der Waals surface area contributed by atoms with Crippen LogP contribution in [0.4, 0.5) is 0 Å². The molecule has 0 fully saturated rings. The van der Waals surface area contributed by atoms with Gasteiger partial charge in [-0.05, 0) is 56.7 Å². The first-order valence-corrected chi connectivity index (χ1v) is 10.7. The second-order valence-electron chi connectivity index (χ2n) is 6.41. The van der Waals surface area contributed by atoms with E-state index in [9.17, 15) is 0 Å². The number of hydrogen-bond acceptors (Lipinski definition) is 3. The van der Waals surface area contributed by atoms with Crippen LogP contribution in [0.1, 0.15) is 20.3 Å². The molecule has 0 saturated heterocycles. The van der Waals surface area contributed by atoms with Crippen LogP contribution in [-0.4, -0.2) is 29.2 Å². The largest absolute Gasteiger partial charge is 0.545 e. The average Bonchev–Trinajstić information content (AvgIpc) is 2.72. The summed E-state index contributed by atoms with van der Waals surface area (Å²) >= 11 is 0. The zero-order valence-corrected chi connectivity index (χ0v) is 19.4. The Hall–Kier alpha value is -1.70. The van der Waals surface area contributed by atoms with Crippen LogP contribution in [0, 0.1) is 0 Å². The summed E-state index contributed by atoms with van der Waals surface area (Å²) in [6.45, 7) is 6.57. The van der Waals surface area contributed by atoms with Crippen LogP contribution < -0.4 is 15.9 Å². The Labute approximate surface area is 188 Å². The van der Waals surface area contributed by atoms with Crippen LogP contribution in [0.15, 0.2) is 91.0 Å². The molecule has 2 N–H and O–H groups in total. The Bertz CT molecular complexity index is 653. The van der Waals surface area contributed by atoms with E-state index < -0.39 is 7.92 Å². The summed E-state index contributed by atoms with van der Waals surface area (Å²) < 4.78 is 0. The molecule has 0 saturated carbocycles. The van der Waals surface area contributed by atoms with Gasteiger partial charge in [-0.15, -0.1) is 0 Å². The first kappa shape index (κ1) is 27.3. The molecule has 0 aliphatic carbocycles. The Balaban J connectivity index is 0.000000675. The zero-order chi connectivity index (χ0) is 20.8.